The molecule has 3 nitrogen and oxygen atoms in total. The van der Waals surface area contributed by atoms with E-state index in [2.05, 4.69) is 18.8 Å². The maximum atomic E-state index is 12.5. The number of carbonyl (C=O) groups excluding carboxylic acids is 1. The zero-order chi connectivity index (χ0) is 20.5. The molecule has 0 aliphatic heterocycles. The third kappa shape index (κ3) is 7.12. The molecule has 29 heavy (non-hydrogen) atoms. The van der Waals surface area contributed by atoms with E-state index < -0.39 is 0 Å². The summed E-state index contributed by atoms with van der Waals surface area (Å²) in [5, 5.41) is 0. The number of esters is 1. The van der Waals surface area contributed by atoms with Crippen molar-refractivity contribution in [2.75, 3.05) is 0 Å². The first-order chi connectivity index (χ1) is 14.2. The Morgan fingerprint density at radius 2 is 1.55 bits per heavy atom. The lowest BCUT2D eigenvalue weighted by Gasteiger charge is -2.31. The molecule has 1 aromatic rings. The van der Waals surface area contributed by atoms with E-state index in [1.165, 1.54) is 64.2 Å². The second-order valence-electron chi connectivity index (χ2n) is 9.60. The van der Waals surface area contributed by atoms with E-state index >= 15 is 0 Å². The Morgan fingerprint density at radius 1 is 0.931 bits per heavy atom. The van der Waals surface area contributed by atoms with Crippen LogP contribution in [0.4, 0.5) is 0 Å². The monoisotopic (exact) mass is 399 g/mol. The summed E-state index contributed by atoms with van der Waals surface area (Å²) in [4.78, 5) is 17.0. The molecule has 0 N–H and O–H groups in total. The number of hydrogen-bond donors (Lipinski definition) is 0. The first kappa shape index (κ1) is 22.3. The number of unbranched alkanes of at least 4 members (excludes halogenated alkanes) is 1. The van der Waals surface area contributed by atoms with Gasteiger partial charge >= 0.3 is 5.97 Å². The summed E-state index contributed by atoms with van der Waals surface area (Å²) in [5.74, 6) is 3.40. The number of ether oxygens (including phenoxy) is 1. The van der Waals surface area contributed by atoms with Gasteiger partial charge in [0.1, 0.15) is 5.75 Å². The lowest BCUT2D eigenvalue weighted by atomic mass is 9.75. The predicted octanol–water partition coefficient (Wildman–Crippen LogP) is 7.13. The Balaban J connectivity index is 1.34. The molecule has 162 valence electrons. The highest BCUT2D eigenvalue weighted by atomic mass is 16.5. The largest absolute Gasteiger partial charge is 0.425 e. The second kappa shape index (κ2) is 11.7. The van der Waals surface area contributed by atoms with Crippen LogP contribution in [0.15, 0.2) is 18.3 Å². The van der Waals surface area contributed by atoms with Crippen molar-refractivity contribution >= 4 is 5.97 Å². The molecule has 2 aliphatic carbocycles. The van der Waals surface area contributed by atoms with Crippen LogP contribution in [0.2, 0.25) is 0 Å². The van der Waals surface area contributed by atoms with Crippen molar-refractivity contribution < 1.29 is 9.53 Å². The fourth-order valence-electron chi connectivity index (χ4n) is 5.26. The van der Waals surface area contributed by atoms with Gasteiger partial charge in [-0.25, -0.2) is 0 Å². The van der Waals surface area contributed by atoms with Gasteiger partial charge in [0.2, 0.25) is 0 Å². The summed E-state index contributed by atoms with van der Waals surface area (Å²) >= 11 is 0. The van der Waals surface area contributed by atoms with E-state index in [0.29, 0.717) is 5.75 Å². The van der Waals surface area contributed by atoms with Crippen molar-refractivity contribution in [2.45, 2.75) is 104 Å². The standard InChI is InChI=1S/C26H41NO2/c1-3-5-6-24-17-18-25(19-27-24)29-26(28)23-15-13-22(14-16-23)12-11-21-9-7-20(4-2)8-10-21/h17-23H,3-16H2,1-2H3. The van der Waals surface area contributed by atoms with Crippen LogP contribution in [0.3, 0.4) is 0 Å². The third-order valence-electron chi connectivity index (χ3n) is 7.51. The van der Waals surface area contributed by atoms with Crippen molar-refractivity contribution in [1.29, 1.82) is 0 Å². The molecule has 3 rings (SSSR count). The molecular formula is C26H41NO2. The maximum absolute atomic E-state index is 12.5. The Bertz CT molecular complexity index is 596. The van der Waals surface area contributed by atoms with Crippen LogP contribution in [0.5, 0.6) is 5.75 Å². The number of aromatic nitrogens is 1. The van der Waals surface area contributed by atoms with E-state index in [4.69, 9.17) is 4.74 Å². The summed E-state index contributed by atoms with van der Waals surface area (Å²) < 4.78 is 5.62. The van der Waals surface area contributed by atoms with Crippen LogP contribution in [-0.2, 0) is 11.2 Å². The summed E-state index contributed by atoms with van der Waals surface area (Å²) in [6, 6.07) is 3.89. The highest BCUT2D eigenvalue weighted by Crippen LogP contribution is 2.37. The van der Waals surface area contributed by atoms with Crippen LogP contribution in [0.1, 0.15) is 103 Å². The van der Waals surface area contributed by atoms with E-state index in [1.54, 1.807) is 6.20 Å². The molecule has 2 fully saturated rings. The topological polar surface area (TPSA) is 39.2 Å². The van der Waals surface area contributed by atoms with Gasteiger partial charge in [-0.2, -0.15) is 0 Å². The van der Waals surface area contributed by atoms with Crippen molar-refractivity contribution in [3.8, 4) is 5.75 Å². The second-order valence-corrected chi connectivity index (χ2v) is 9.60. The van der Waals surface area contributed by atoms with E-state index in [9.17, 15) is 4.79 Å². The Labute approximate surface area is 178 Å². The van der Waals surface area contributed by atoms with Crippen LogP contribution in [0, 0.1) is 23.7 Å². The number of carbonyl (C=O) groups is 1. The molecule has 1 heterocycles. The number of aryl methyl sites for hydroxylation is 1. The van der Waals surface area contributed by atoms with Crippen LogP contribution < -0.4 is 4.74 Å². The molecule has 0 atom stereocenters. The van der Waals surface area contributed by atoms with Crippen molar-refractivity contribution in [1.82, 2.24) is 4.98 Å². The lowest BCUT2D eigenvalue weighted by molar-refractivity contribution is -0.140. The van der Waals surface area contributed by atoms with Gasteiger partial charge in [0, 0.05) is 5.69 Å². The van der Waals surface area contributed by atoms with Crippen LogP contribution >= 0.6 is 0 Å². The fraction of sp³-hybridized carbons (Fsp3) is 0.769. The van der Waals surface area contributed by atoms with E-state index in [-0.39, 0.29) is 11.9 Å². The number of nitrogens with zero attached hydrogens (tertiary/aromatic N) is 1. The van der Waals surface area contributed by atoms with Gasteiger partial charge in [0.15, 0.2) is 0 Å². The molecular weight excluding hydrogens is 358 g/mol. The molecule has 0 saturated heterocycles. The highest BCUT2D eigenvalue weighted by molar-refractivity contribution is 5.75. The molecule has 0 bridgehead atoms. The summed E-state index contributed by atoms with van der Waals surface area (Å²) in [6.45, 7) is 4.52. The predicted molar refractivity (Wildman–Crippen MR) is 119 cm³/mol. The van der Waals surface area contributed by atoms with Crippen LogP contribution in [-0.4, -0.2) is 11.0 Å². The van der Waals surface area contributed by atoms with Gasteiger partial charge in [0.25, 0.3) is 0 Å². The van der Waals surface area contributed by atoms with Gasteiger partial charge in [-0.3, -0.25) is 9.78 Å². The maximum Gasteiger partial charge on any atom is 0.314 e. The highest BCUT2D eigenvalue weighted by Gasteiger charge is 2.28. The number of hydrogen-bond acceptors (Lipinski definition) is 3. The lowest BCUT2D eigenvalue weighted by Crippen LogP contribution is -2.26. The SMILES string of the molecule is CCCCc1ccc(OC(=O)C2CCC(CCC3CCC(CC)CC3)CC2)cn1. The van der Waals surface area contributed by atoms with E-state index in [0.717, 1.165) is 49.1 Å². The van der Waals surface area contributed by atoms with Crippen molar-refractivity contribution in [2.24, 2.45) is 23.7 Å². The third-order valence-corrected chi connectivity index (χ3v) is 7.51. The van der Waals surface area contributed by atoms with E-state index in [1.807, 2.05) is 12.1 Å². The summed E-state index contributed by atoms with van der Waals surface area (Å²) in [7, 11) is 0. The Kier molecular flexibility index (Phi) is 9.01. The van der Waals surface area contributed by atoms with Crippen molar-refractivity contribution in [3.05, 3.63) is 24.0 Å². The smallest absolute Gasteiger partial charge is 0.314 e. The minimum Gasteiger partial charge on any atom is -0.425 e. The van der Waals surface area contributed by atoms with Gasteiger partial charge in [-0.05, 0) is 68.4 Å². The molecule has 0 radical (unpaired) electrons. The number of rotatable bonds is 9. The van der Waals surface area contributed by atoms with Crippen molar-refractivity contribution in [3.63, 3.8) is 0 Å². The first-order valence-electron chi connectivity index (χ1n) is 12.3. The number of pyridine rings is 1. The van der Waals surface area contributed by atoms with Gasteiger partial charge in [-0.1, -0.05) is 65.2 Å². The molecule has 0 unspecified atom stereocenters. The minimum atomic E-state index is -0.0514. The normalized spacial score (nSPS) is 27.5. The molecule has 0 spiro atoms. The molecule has 1 aromatic heterocycles. The van der Waals surface area contributed by atoms with Gasteiger partial charge < -0.3 is 4.74 Å². The minimum absolute atomic E-state index is 0.0514. The average molecular weight is 400 g/mol. The molecule has 0 aromatic carbocycles. The first-order valence-corrected chi connectivity index (χ1v) is 12.3. The Hall–Kier alpha value is -1.38. The average Bonchev–Trinajstić information content (AvgIpc) is 2.78. The molecule has 2 saturated carbocycles. The molecule has 2 aliphatic rings. The summed E-state index contributed by atoms with van der Waals surface area (Å²) in [6.07, 6.45) is 19.3. The zero-order valence-electron chi connectivity index (χ0n) is 18.7. The fourth-order valence-corrected chi connectivity index (χ4v) is 5.26. The Morgan fingerprint density at radius 3 is 2.10 bits per heavy atom. The zero-order valence-corrected chi connectivity index (χ0v) is 18.7. The molecule has 0 amide bonds. The quantitative estimate of drug-likeness (QED) is 0.414. The van der Waals surface area contributed by atoms with Crippen LogP contribution in [0.25, 0.3) is 0 Å². The summed E-state index contributed by atoms with van der Waals surface area (Å²) in [5.41, 5.74) is 1.08. The van der Waals surface area contributed by atoms with Gasteiger partial charge in [-0.15, -0.1) is 0 Å². The molecule has 3 heteroatoms. The van der Waals surface area contributed by atoms with Gasteiger partial charge in [0.05, 0.1) is 12.1 Å².